The first-order chi connectivity index (χ1) is 7.06. The van der Waals surface area contributed by atoms with Crippen LogP contribution in [0.25, 0.3) is 0 Å². The Morgan fingerprint density at radius 3 is 2.93 bits per heavy atom. The van der Waals surface area contributed by atoms with E-state index in [1.165, 1.54) is 7.11 Å². The SMILES string of the molecule is COC(=O)CC(N)c1ocnc1C(=O)O. The second-order valence-electron chi connectivity index (χ2n) is 2.76. The minimum Gasteiger partial charge on any atom is -0.476 e. The van der Waals surface area contributed by atoms with E-state index in [0.29, 0.717) is 0 Å². The lowest BCUT2D eigenvalue weighted by Crippen LogP contribution is -2.18. The molecule has 0 saturated heterocycles. The fraction of sp³-hybridized carbons (Fsp3) is 0.375. The van der Waals surface area contributed by atoms with E-state index >= 15 is 0 Å². The summed E-state index contributed by atoms with van der Waals surface area (Å²) >= 11 is 0. The van der Waals surface area contributed by atoms with Gasteiger partial charge in [0.15, 0.2) is 17.8 Å². The maximum atomic E-state index is 10.9. The third-order valence-electron chi connectivity index (χ3n) is 1.75. The van der Waals surface area contributed by atoms with Gasteiger partial charge in [-0.3, -0.25) is 4.79 Å². The zero-order chi connectivity index (χ0) is 11.4. The molecule has 1 aromatic heterocycles. The second-order valence-corrected chi connectivity index (χ2v) is 2.76. The molecule has 3 N–H and O–H groups in total. The van der Waals surface area contributed by atoms with Crippen molar-refractivity contribution in [3.05, 3.63) is 17.8 Å². The topological polar surface area (TPSA) is 116 Å². The Kier molecular flexibility index (Phi) is 3.40. The maximum Gasteiger partial charge on any atom is 0.358 e. The first kappa shape index (κ1) is 11.2. The summed E-state index contributed by atoms with van der Waals surface area (Å²) in [6, 6.07) is -0.869. The van der Waals surface area contributed by atoms with Crippen LogP contribution in [0.2, 0.25) is 0 Å². The van der Waals surface area contributed by atoms with Crippen LogP contribution in [-0.4, -0.2) is 29.1 Å². The summed E-state index contributed by atoms with van der Waals surface area (Å²) in [5, 5.41) is 8.70. The second kappa shape index (κ2) is 4.56. The molecule has 1 unspecified atom stereocenters. The molecule has 0 amide bonds. The van der Waals surface area contributed by atoms with E-state index in [2.05, 4.69) is 9.72 Å². The van der Waals surface area contributed by atoms with Crippen LogP contribution in [0.3, 0.4) is 0 Å². The molecular weight excluding hydrogens is 204 g/mol. The number of oxazole rings is 1. The Bertz CT molecular complexity index is 373. The Morgan fingerprint density at radius 1 is 1.73 bits per heavy atom. The van der Waals surface area contributed by atoms with Gasteiger partial charge < -0.3 is 20.0 Å². The van der Waals surface area contributed by atoms with Crippen molar-refractivity contribution < 1.29 is 23.8 Å². The summed E-state index contributed by atoms with van der Waals surface area (Å²) < 4.78 is 9.20. The molecule has 7 nitrogen and oxygen atoms in total. The van der Waals surface area contributed by atoms with E-state index in [9.17, 15) is 9.59 Å². The van der Waals surface area contributed by atoms with Gasteiger partial charge in [0.2, 0.25) is 0 Å². The van der Waals surface area contributed by atoms with Crippen LogP contribution in [0.4, 0.5) is 0 Å². The third kappa shape index (κ3) is 2.53. The van der Waals surface area contributed by atoms with E-state index in [0.717, 1.165) is 6.39 Å². The summed E-state index contributed by atoms with van der Waals surface area (Å²) in [7, 11) is 1.22. The van der Waals surface area contributed by atoms with Gasteiger partial charge in [0.1, 0.15) is 0 Å². The van der Waals surface area contributed by atoms with Crippen LogP contribution < -0.4 is 5.73 Å². The number of methoxy groups -OCH3 is 1. The van der Waals surface area contributed by atoms with Gasteiger partial charge in [-0.1, -0.05) is 0 Å². The number of hydrogen-bond acceptors (Lipinski definition) is 6. The van der Waals surface area contributed by atoms with Crippen LogP contribution in [0.5, 0.6) is 0 Å². The Labute approximate surface area is 84.8 Å². The average Bonchev–Trinajstić information content (AvgIpc) is 2.65. The van der Waals surface area contributed by atoms with Crippen LogP contribution in [0, 0.1) is 0 Å². The Balaban J connectivity index is 2.81. The number of aromatic carboxylic acids is 1. The van der Waals surface area contributed by atoms with E-state index < -0.39 is 18.0 Å². The van der Waals surface area contributed by atoms with Gasteiger partial charge in [-0.2, -0.15) is 0 Å². The van der Waals surface area contributed by atoms with Crippen LogP contribution in [0.15, 0.2) is 10.8 Å². The zero-order valence-electron chi connectivity index (χ0n) is 7.97. The van der Waals surface area contributed by atoms with Gasteiger partial charge in [-0.15, -0.1) is 0 Å². The number of carbonyl (C=O) groups is 2. The van der Waals surface area contributed by atoms with E-state index in [1.54, 1.807) is 0 Å². The number of esters is 1. The number of rotatable bonds is 4. The number of carbonyl (C=O) groups excluding carboxylic acids is 1. The van der Waals surface area contributed by atoms with Crippen molar-refractivity contribution in [3.8, 4) is 0 Å². The molecule has 1 aromatic rings. The van der Waals surface area contributed by atoms with E-state index in [4.69, 9.17) is 15.3 Å². The van der Waals surface area contributed by atoms with E-state index in [-0.39, 0.29) is 17.9 Å². The highest BCUT2D eigenvalue weighted by atomic mass is 16.5. The summed E-state index contributed by atoms with van der Waals surface area (Å²) in [6.07, 6.45) is 0.807. The first-order valence-electron chi connectivity index (χ1n) is 4.05. The lowest BCUT2D eigenvalue weighted by Gasteiger charge is -2.06. The molecule has 0 bridgehead atoms. The predicted molar refractivity (Wildman–Crippen MR) is 47.0 cm³/mol. The van der Waals surface area contributed by atoms with Gasteiger partial charge in [0.25, 0.3) is 0 Å². The molecule has 0 fully saturated rings. The van der Waals surface area contributed by atoms with Gasteiger partial charge in [-0.05, 0) is 0 Å². The first-order valence-corrected chi connectivity index (χ1v) is 4.05. The fourth-order valence-corrected chi connectivity index (χ4v) is 1.03. The molecule has 0 aliphatic rings. The zero-order valence-corrected chi connectivity index (χ0v) is 7.97. The smallest absolute Gasteiger partial charge is 0.358 e. The molecule has 1 heterocycles. The highest BCUT2D eigenvalue weighted by Gasteiger charge is 2.23. The van der Waals surface area contributed by atoms with Crippen LogP contribution in [0.1, 0.15) is 28.7 Å². The Hall–Kier alpha value is -1.89. The minimum absolute atomic E-state index is 0.0344. The average molecular weight is 214 g/mol. The number of nitrogens with two attached hydrogens (primary N) is 1. The molecule has 82 valence electrons. The van der Waals surface area contributed by atoms with Crippen LogP contribution >= 0.6 is 0 Å². The molecule has 1 atom stereocenters. The minimum atomic E-state index is -1.25. The van der Waals surface area contributed by atoms with Gasteiger partial charge in [0, 0.05) is 0 Å². The summed E-state index contributed by atoms with van der Waals surface area (Å²) in [5.41, 5.74) is 5.27. The number of ether oxygens (including phenoxy) is 1. The summed E-state index contributed by atoms with van der Waals surface area (Å²) in [4.78, 5) is 25.0. The molecule has 1 rings (SSSR count). The molecule has 0 radical (unpaired) electrons. The predicted octanol–water partition coefficient (Wildman–Crippen LogP) is -0.0643. The highest BCUT2D eigenvalue weighted by Crippen LogP contribution is 2.18. The molecule has 15 heavy (non-hydrogen) atoms. The molecule has 0 aliphatic heterocycles. The number of aromatic nitrogens is 1. The van der Waals surface area contributed by atoms with Crippen molar-refractivity contribution >= 4 is 11.9 Å². The van der Waals surface area contributed by atoms with Gasteiger partial charge in [0.05, 0.1) is 19.6 Å². The van der Waals surface area contributed by atoms with E-state index in [1.807, 2.05) is 0 Å². The fourth-order valence-electron chi connectivity index (χ4n) is 1.03. The van der Waals surface area contributed by atoms with Crippen molar-refractivity contribution in [3.63, 3.8) is 0 Å². The number of carboxylic acids is 1. The lowest BCUT2D eigenvalue weighted by molar-refractivity contribution is -0.141. The van der Waals surface area contributed by atoms with Gasteiger partial charge >= 0.3 is 11.9 Å². The third-order valence-corrected chi connectivity index (χ3v) is 1.75. The lowest BCUT2D eigenvalue weighted by atomic mass is 10.1. The largest absolute Gasteiger partial charge is 0.476 e. The molecule has 0 aromatic carbocycles. The van der Waals surface area contributed by atoms with Crippen molar-refractivity contribution in [2.45, 2.75) is 12.5 Å². The molecule has 0 saturated carbocycles. The molecule has 0 spiro atoms. The van der Waals surface area contributed by atoms with Crippen LogP contribution in [-0.2, 0) is 9.53 Å². The highest BCUT2D eigenvalue weighted by molar-refractivity contribution is 5.86. The molecule has 0 aliphatic carbocycles. The van der Waals surface area contributed by atoms with Crippen molar-refractivity contribution in [2.24, 2.45) is 5.73 Å². The summed E-state index contributed by atoms with van der Waals surface area (Å²) in [6.45, 7) is 0. The maximum absolute atomic E-state index is 10.9. The Morgan fingerprint density at radius 2 is 2.40 bits per heavy atom. The number of nitrogens with zero attached hydrogens (tertiary/aromatic N) is 1. The normalized spacial score (nSPS) is 12.1. The van der Waals surface area contributed by atoms with Gasteiger partial charge in [-0.25, -0.2) is 9.78 Å². The summed E-state index contributed by atoms with van der Waals surface area (Å²) in [5.74, 6) is -1.83. The monoisotopic (exact) mass is 214 g/mol. The number of carboxylic acid groups (broad SMARTS) is 1. The van der Waals surface area contributed by atoms with Crippen molar-refractivity contribution in [2.75, 3.05) is 7.11 Å². The van der Waals surface area contributed by atoms with Crippen molar-refractivity contribution in [1.82, 2.24) is 4.98 Å². The quantitative estimate of drug-likeness (QED) is 0.674. The standard InChI is InChI=1S/C8H10N2O5/c1-14-5(11)2-4(9)7-6(8(12)13)10-3-15-7/h3-4H,2,9H2,1H3,(H,12,13). The molecule has 7 heteroatoms. The van der Waals surface area contributed by atoms with Crippen molar-refractivity contribution in [1.29, 1.82) is 0 Å². The molecular formula is C8H10N2O5. The number of hydrogen-bond donors (Lipinski definition) is 2.